The molecule has 0 aliphatic rings. The number of carbonyl (C=O) groups is 2. The Hall–Kier alpha value is -3.28. The highest BCUT2D eigenvalue weighted by molar-refractivity contribution is 6.42. The molecule has 24 heavy (non-hydrogen) atoms. The summed E-state index contributed by atoms with van der Waals surface area (Å²) in [4.78, 5) is 29.6. The number of hydrogen-bond donors (Lipinski definition) is 0. The average molecular weight is 320 g/mol. The zero-order valence-electron chi connectivity index (χ0n) is 13.2. The lowest BCUT2D eigenvalue weighted by Crippen LogP contribution is -2.32. The maximum Gasteiger partial charge on any atom is 0.295 e. The van der Waals surface area contributed by atoms with Crippen LogP contribution in [-0.2, 0) is 11.3 Å². The van der Waals surface area contributed by atoms with Crippen molar-refractivity contribution < 1.29 is 9.59 Å². The lowest BCUT2D eigenvalue weighted by molar-refractivity contribution is -0.125. The molecule has 6 nitrogen and oxygen atoms in total. The van der Waals surface area contributed by atoms with Crippen molar-refractivity contribution in [3.05, 3.63) is 78.4 Å². The molecule has 2 heterocycles. The molecule has 2 aromatic heterocycles. The van der Waals surface area contributed by atoms with Crippen LogP contribution in [-0.4, -0.2) is 38.4 Å². The van der Waals surface area contributed by atoms with Crippen LogP contribution in [0.3, 0.4) is 0 Å². The highest BCUT2D eigenvalue weighted by atomic mass is 16.2. The van der Waals surface area contributed by atoms with Gasteiger partial charge in [-0.05, 0) is 35.9 Å². The molecule has 0 aliphatic heterocycles. The molecule has 0 fully saturated rings. The van der Waals surface area contributed by atoms with Gasteiger partial charge in [0, 0.05) is 43.9 Å². The Morgan fingerprint density at radius 3 is 2.50 bits per heavy atom. The Balaban J connectivity index is 1.67. The maximum absolute atomic E-state index is 12.2. The van der Waals surface area contributed by atoms with Gasteiger partial charge in [0.2, 0.25) is 0 Å². The quantitative estimate of drug-likeness (QED) is 0.533. The molecule has 0 N–H and O–H groups in total. The van der Waals surface area contributed by atoms with Crippen LogP contribution < -0.4 is 0 Å². The summed E-state index contributed by atoms with van der Waals surface area (Å²) in [5.74, 6) is -1.11. The topological polar surface area (TPSA) is 68.1 Å². The third-order valence-electron chi connectivity index (χ3n) is 3.59. The Morgan fingerprint density at radius 1 is 1.08 bits per heavy atom. The summed E-state index contributed by atoms with van der Waals surface area (Å²) in [6.45, 7) is 0.351. The number of Topliss-reactive ketones (excluding diaryl/α,β-unsaturated/α-hetero) is 1. The van der Waals surface area contributed by atoms with E-state index in [0.29, 0.717) is 12.1 Å². The molecule has 0 radical (unpaired) electrons. The van der Waals surface area contributed by atoms with Crippen molar-refractivity contribution in [3.8, 4) is 5.69 Å². The molecule has 0 spiro atoms. The summed E-state index contributed by atoms with van der Waals surface area (Å²) in [5.41, 5.74) is 2.16. The third-order valence-corrected chi connectivity index (χ3v) is 3.59. The number of pyridine rings is 1. The van der Waals surface area contributed by atoms with Crippen molar-refractivity contribution in [3.63, 3.8) is 0 Å². The number of carbonyl (C=O) groups excluding carboxylic acids is 2. The summed E-state index contributed by atoms with van der Waals surface area (Å²) in [6, 6.07) is 12.7. The Kier molecular flexibility index (Phi) is 4.47. The lowest BCUT2D eigenvalue weighted by Gasteiger charge is -2.16. The van der Waals surface area contributed by atoms with Gasteiger partial charge in [0.15, 0.2) is 0 Å². The molecule has 0 atom stereocenters. The lowest BCUT2D eigenvalue weighted by atomic mass is 10.1. The van der Waals surface area contributed by atoms with Crippen LogP contribution in [0, 0.1) is 0 Å². The van der Waals surface area contributed by atoms with Crippen LogP contribution in [0.1, 0.15) is 15.9 Å². The average Bonchev–Trinajstić information content (AvgIpc) is 3.16. The van der Waals surface area contributed by atoms with E-state index in [1.807, 2.05) is 36.5 Å². The highest BCUT2D eigenvalue weighted by Gasteiger charge is 2.20. The second-order valence-electron chi connectivity index (χ2n) is 5.35. The van der Waals surface area contributed by atoms with E-state index in [0.717, 1.165) is 11.3 Å². The van der Waals surface area contributed by atoms with E-state index in [1.54, 1.807) is 36.3 Å². The van der Waals surface area contributed by atoms with E-state index < -0.39 is 11.7 Å². The number of benzene rings is 1. The predicted molar refractivity (Wildman–Crippen MR) is 88.6 cm³/mol. The fourth-order valence-electron chi connectivity index (χ4n) is 2.32. The van der Waals surface area contributed by atoms with E-state index in [9.17, 15) is 9.59 Å². The van der Waals surface area contributed by atoms with Crippen molar-refractivity contribution in [2.24, 2.45) is 0 Å². The van der Waals surface area contributed by atoms with Gasteiger partial charge < -0.3 is 4.90 Å². The minimum atomic E-state index is -0.557. The number of nitrogens with zero attached hydrogens (tertiary/aromatic N) is 4. The standard InChI is InChI=1S/C18H16N4O2/c1-21(18(24)17(23)15-4-2-9-19-12-15)13-14-5-7-16(8-6-14)22-11-3-10-20-22/h2-12H,13H2,1H3. The molecule has 0 aliphatic carbocycles. The number of ketones is 1. The summed E-state index contributed by atoms with van der Waals surface area (Å²) in [6.07, 6.45) is 6.53. The van der Waals surface area contributed by atoms with Crippen LogP contribution in [0.2, 0.25) is 0 Å². The van der Waals surface area contributed by atoms with Gasteiger partial charge in [0.05, 0.1) is 5.69 Å². The van der Waals surface area contributed by atoms with Crippen molar-refractivity contribution >= 4 is 11.7 Å². The summed E-state index contributed by atoms with van der Waals surface area (Å²) >= 11 is 0. The number of rotatable bonds is 5. The van der Waals surface area contributed by atoms with E-state index in [-0.39, 0.29) is 0 Å². The van der Waals surface area contributed by atoms with Gasteiger partial charge in [-0.2, -0.15) is 5.10 Å². The number of likely N-dealkylation sites (N-methyl/N-ethyl adjacent to an activating group) is 1. The van der Waals surface area contributed by atoms with E-state index in [1.165, 1.54) is 11.1 Å². The molecule has 6 heteroatoms. The summed E-state index contributed by atoms with van der Waals surface area (Å²) in [7, 11) is 1.61. The van der Waals surface area contributed by atoms with Crippen molar-refractivity contribution in [1.29, 1.82) is 0 Å². The van der Waals surface area contributed by atoms with E-state index >= 15 is 0 Å². The molecule has 3 rings (SSSR count). The zero-order valence-corrected chi connectivity index (χ0v) is 13.2. The van der Waals surface area contributed by atoms with Crippen LogP contribution in [0.5, 0.6) is 0 Å². The Bertz CT molecular complexity index is 827. The van der Waals surface area contributed by atoms with Crippen molar-refractivity contribution in [2.75, 3.05) is 7.05 Å². The van der Waals surface area contributed by atoms with Gasteiger partial charge in [-0.25, -0.2) is 4.68 Å². The molecule has 0 saturated heterocycles. The summed E-state index contributed by atoms with van der Waals surface area (Å²) in [5, 5.41) is 4.16. The van der Waals surface area contributed by atoms with Gasteiger partial charge in [0.1, 0.15) is 0 Å². The molecule has 1 amide bonds. The molecule has 0 unspecified atom stereocenters. The molecule has 1 aromatic carbocycles. The fraction of sp³-hybridized carbons (Fsp3) is 0.111. The van der Waals surface area contributed by atoms with Gasteiger partial charge in [-0.3, -0.25) is 14.6 Å². The first kappa shape index (κ1) is 15.6. The first-order valence-electron chi connectivity index (χ1n) is 7.44. The molecular weight excluding hydrogens is 304 g/mol. The van der Waals surface area contributed by atoms with Gasteiger partial charge in [0.25, 0.3) is 11.7 Å². The van der Waals surface area contributed by atoms with Crippen LogP contribution in [0.15, 0.2) is 67.3 Å². The monoisotopic (exact) mass is 320 g/mol. The number of hydrogen-bond acceptors (Lipinski definition) is 4. The second kappa shape index (κ2) is 6.87. The van der Waals surface area contributed by atoms with Crippen LogP contribution in [0.4, 0.5) is 0 Å². The first-order chi connectivity index (χ1) is 11.6. The van der Waals surface area contributed by atoms with Gasteiger partial charge >= 0.3 is 0 Å². The van der Waals surface area contributed by atoms with Crippen molar-refractivity contribution in [2.45, 2.75) is 6.54 Å². The van der Waals surface area contributed by atoms with Gasteiger partial charge in [-0.15, -0.1) is 0 Å². The molecular formula is C18H16N4O2. The Morgan fingerprint density at radius 2 is 1.88 bits per heavy atom. The third kappa shape index (κ3) is 3.38. The van der Waals surface area contributed by atoms with E-state index in [4.69, 9.17) is 0 Å². The molecule has 0 bridgehead atoms. The largest absolute Gasteiger partial charge is 0.335 e. The number of amides is 1. The smallest absolute Gasteiger partial charge is 0.295 e. The SMILES string of the molecule is CN(Cc1ccc(-n2cccn2)cc1)C(=O)C(=O)c1cccnc1. The maximum atomic E-state index is 12.2. The van der Waals surface area contributed by atoms with Crippen molar-refractivity contribution in [1.82, 2.24) is 19.7 Å². The minimum Gasteiger partial charge on any atom is -0.335 e. The Labute approximate surface area is 139 Å². The first-order valence-corrected chi connectivity index (χ1v) is 7.44. The zero-order chi connectivity index (χ0) is 16.9. The van der Waals surface area contributed by atoms with Gasteiger partial charge in [-0.1, -0.05) is 12.1 Å². The molecule has 0 saturated carbocycles. The van der Waals surface area contributed by atoms with E-state index in [2.05, 4.69) is 10.1 Å². The minimum absolute atomic E-state index is 0.295. The molecule has 120 valence electrons. The van der Waals surface area contributed by atoms with Crippen LogP contribution >= 0.6 is 0 Å². The fourth-order valence-corrected chi connectivity index (χ4v) is 2.32. The normalized spacial score (nSPS) is 10.4. The van der Waals surface area contributed by atoms with Crippen LogP contribution in [0.25, 0.3) is 5.69 Å². The highest BCUT2D eigenvalue weighted by Crippen LogP contribution is 2.11. The number of aromatic nitrogens is 3. The second-order valence-corrected chi connectivity index (χ2v) is 5.35. The summed E-state index contributed by atoms with van der Waals surface area (Å²) < 4.78 is 1.75. The predicted octanol–water partition coefficient (Wildman–Crippen LogP) is 2.11. The molecule has 3 aromatic rings.